The van der Waals surface area contributed by atoms with Crippen molar-refractivity contribution in [3.63, 3.8) is 0 Å². The molecule has 0 spiro atoms. The topological polar surface area (TPSA) is 35.8 Å². The lowest BCUT2D eigenvalue weighted by Gasteiger charge is -2.44. The molecule has 0 aliphatic heterocycles. The highest BCUT2D eigenvalue weighted by molar-refractivity contribution is 7.98. The molecule has 0 bridgehead atoms. The second-order valence-electron chi connectivity index (χ2n) is 5.51. The quantitative estimate of drug-likeness (QED) is 0.864. The normalized spacial score (nSPS) is 27.3. The second kappa shape index (κ2) is 6.45. The van der Waals surface area contributed by atoms with E-state index in [-0.39, 0.29) is 5.41 Å². The zero-order valence-corrected chi connectivity index (χ0v) is 12.5. The van der Waals surface area contributed by atoms with Gasteiger partial charge in [0.15, 0.2) is 0 Å². The van der Waals surface area contributed by atoms with Crippen LogP contribution in [0.3, 0.4) is 0 Å². The minimum absolute atomic E-state index is 0.252. The summed E-state index contributed by atoms with van der Waals surface area (Å²) in [6.45, 7) is 2.24. The molecule has 0 radical (unpaired) electrons. The molecule has 0 aromatic heterocycles. The van der Waals surface area contributed by atoms with Crippen LogP contribution >= 0.6 is 11.8 Å². The number of nitriles is 1. The number of thioether (sulfide) groups is 1. The first-order chi connectivity index (χ1) is 9.20. The van der Waals surface area contributed by atoms with E-state index < -0.39 is 0 Å². The van der Waals surface area contributed by atoms with E-state index in [1.54, 1.807) is 0 Å². The van der Waals surface area contributed by atoms with Gasteiger partial charge < -0.3 is 5.32 Å². The maximum absolute atomic E-state index is 9.50. The standard InChI is InChI=1S/C16H22N2S/c1-13(8-9-19-2)18-15-10-16(11-15,12-17)14-6-4-3-5-7-14/h3-7,13,15,18H,8-11H2,1-2H3. The largest absolute Gasteiger partial charge is 0.311 e. The Labute approximate surface area is 120 Å². The van der Waals surface area contributed by atoms with E-state index in [4.69, 9.17) is 0 Å². The predicted molar refractivity (Wildman–Crippen MR) is 82.4 cm³/mol. The third-order valence-electron chi connectivity index (χ3n) is 4.01. The molecule has 0 saturated heterocycles. The van der Waals surface area contributed by atoms with Gasteiger partial charge in [0.05, 0.1) is 11.5 Å². The molecule has 19 heavy (non-hydrogen) atoms. The molecule has 2 nitrogen and oxygen atoms in total. The van der Waals surface area contributed by atoms with Gasteiger partial charge in [-0.15, -0.1) is 0 Å². The van der Waals surface area contributed by atoms with Crippen LogP contribution in [0.25, 0.3) is 0 Å². The summed E-state index contributed by atoms with van der Waals surface area (Å²) in [7, 11) is 0. The molecule has 1 saturated carbocycles. The summed E-state index contributed by atoms with van der Waals surface area (Å²) in [6, 6.07) is 13.8. The molecule has 0 heterocycles. The van der Waals surface area contributed by atoms with E-state index in [1.807, 2.05) is 30.0 Å². The Morgan fingerprint density at radius 3 is 2.68 bits per heavy atom. The van der Waals surface area contributed by atoms with Gasteiger partial charge in [0.25, 0.3) is 0 Å². The Hall–Kier alpha value is -0.980. The van der Waals surface area contributed by atoms with Crippen molar-refractivity contribution in [3.05, 3.63) is 35.9 Å². The number of hydrogen-bond acceptors (Lipinski definition) is 3. The molecular formula is C16H22N2S. The second-order valence-corrected chi connectivity index (χ2v) is 6.50. The van der Waals surface area contributed by atoms with Gasteiger partial charge in [0, 0.05) is 12.1 Å². The van der Waals surface area contributed by atoms with Crippen LogP contribution in [0.4, 0.5) is 0 Å². The molecule has 1 unspecified atom stereocenters. The van der Waals surface area contributed by atoms with Crippen LogP contribution in [0.2, 0.25) is 0 Å². The maximum Gasteiger partial charge on any atom is 0.0852 e. The van der Waals surface area contributed by atoms with Crippen LogP contribution in [0.5, 0.6) is 0 Å². The van der Waals surface area contributed by atoms with Crippen molar-refractivity contribution in [3.8, 4) is 6.07 Å². The fourth-order valence-corrected chi connectivity index (χ4v) is 3.42. The first-order valence-electron chi connectivity index (χ1n) is 6.92. The Balaban J connectivity index is 1.88. The fourth-order valence-electron chi connectivity index (χ4n) is 2.83. The zero-order valence-electron chi connectivity index (χ0n) is 11.7. The van der Waals surface area contributed by atoms with E-state index in [0.717, 1.165) is 12.8 Å². The average molecular weight is 274 g/mol. The SMILES string of the molecule is CSCCC(C)NC1CC(C#N)(c2ccccc2)C1. The summed E-state index contributed by atoms with van der Waals surface area (Å²) >= 11 is 1.89. The number of hydrogen-bond donors (Lipinski definition) is 1. The molecule has 3 heteroatoms. The van der Waals surface area contributed by atoms with Crippen molar-refractivity contribution in [1.29, 1.82) is 5.26 Å². The minimum atomic E-state index is -0.252. The number of benzene rings is 1. The van der Waals surface area contributed by atoms with Crippen molar-refractivity contribution in [1.82, 2.24) is 5.32 Å². The third-order valence-corrected chi connectivity index (χ3v) is 4.65. The smallest absolute Gasteiger partial charge is 0.0852 e. The van der Waals surface area contributed by atoms with Crippen molar-refractivity contribution in [2.75, 3.05) is 12.0 Å². The molecule has 1 aromatic carbocycles. The van der Waals surface area contributed by atoms with Gasteiger partial charge in [-0.25, -0.2) is 0 Å². The lowest BCUT2D eigenvalue weighted by Crippen LogP contribution is -2.53. The molecule has 1 atom stereocenters. The predicted octanol–water partition coefficient (Wildman–Crippen LogP) is 3.34. The van der Waals surface area contributed by atoms with Crippen LogP contribution in [-0.4, -0.2) is 24.1 Å². The summed E-state index contributed by atoms with van der Waals surface area (Å²) in [5.74, 6) is 1.20. The van der Waals surface area contributed by atoms with Crippen LogP contribution in [0.1, 0.15) is 31.7 Å². The highest BCUT2D eigenvalue weighted by Gasteiger charge is 2.46. The van der Waals surface area contributed by atoms with Crippen molar-refractivity contribution < 1.29 is 0 Å². The summed E-state index contributed by atoms with van der Waals surface area (Å²) in [4.78, 5) is 0. The number of nitrogens with one attached hydrogen (secondary N) is 1. The van der Waals surface area contributed by atoms with Gasteiger partial charge in [-0.3, -0.25) is 0 Å². The van der Waals surface area contributed by atoms with E-state index in [0.29, 0.717) is 12.1 Å². The van der Waals surface area contributed by atoms with Crippen LogP contribution in [0.15, 0.2) is 30.3 Å². The molecule has 1 aliphatic rings. The first kappa shape index (κ1) is 14.4. The van der Waals surface area contributed by atoms with Gasteiger partial charge >= 0.3 is 0 Å². The lowest BCUT2D eigenvalue weighted by molar-refractivity contribution is 0.211. The zero-order chi connectivity index (χ0) is 13.7. The van der Waals surface area contributed by atoms with Crippen LogP contribution < -0.4 is 5.32 Å². The molecule has 102 valence electrons. The Morgan fingerprint density at radius 2 is 2.11 bits per heavy atom. The third kappa shape index (κ3) is 3.32. The van der Waals surface area contributed by atoms with Crippen molar-refractivity contribution in [2.24, 2.45) is 0 Å². The van der Waals surface area contributed by atoms with Crippen molar-refractivity contribution in [2.45, 2.75) is 43.7 Å². The first-order valence-corrected chi connectivity index (χ1v) is 8.31. The van der Waals surface area contributed by atoms with E-state index in [2.05, 4.69) is 36.7 Å². The lowest BCUT2D eigenvalue weighted by atomic mass is 9.62. The molecule has 1 aromatic rings. The van der Waals surface area contributed by atoms with Crippen LogP contribution in [0, 0.1) is 11.3 Å². The molecule has 1 fully saturated rings. The monoisotopic (exact) mass is 274 g/mol. The summed E-state index contributed by atoms with van der Waals surface area (Å²) in [6.07, 6.45) is 5.23. The van der Waals surface area contributed by atoms with Crippen LogP contribution in [-0.2, 0) is 5.41 Å². The fraction of sp³-hybridized carbons (Fsp3) is 0.562. The molecule has 1 N–H and O–H groups in total. The molecule has 2 rings (SSSR count). The van der Waals surface area contributed by atoms with Gasteiger partial charge in [-0.1, -0.05) is 30.3 Å². The summed E-state index contributed by atoms with van der Waals surface area (Å²) in [5, 5.41) is 13.1. The number of rotatable bonds is 6. The summed E-state index contributed by atoms with van der Waals surface area (Å²) < 4.78 is 0. The van der Waals surface area contributed by atoms with Gasteiger partial charge in [-0.05, 0) is 43.8 Å². The van der Waals surface area contributed by atoms with Gasteiger partial charge in [0.2, 0.25) is 0 Å². The molecular weight excluding hydrogens is 252 g/mol. The van der Waals surface area contributed by atoms with Crippen molar-refractivity contribution >= 4 is 11.8 Å². The van der Waals surface area contributed by atoms with E-state index in [9.17, 15) is 5.26 Å². The average Bonchev–Trinajstić information content (AvgIpc) is 2.41. The number of nitrogens with zero attached hydrogens (tertiary/aromatic N) is 1. The molecule has 1 aliphatic carbocycles. The molecule has 0 amide bonds. The highest BCUT2D eigenvalue weighted by atomic mass is 32.2. The highest BCUT2D eigenvalue weighted by Crippen LogP contribution is 2.43. The maximum atomic E-state index is 9.50. The Morgan fingerprint density at radius 1 is 1.42 bits per heavy atom. The Kier molecular flexibility index (Phi) is 4.90. The van der Waals surface area contributed by atoms with E-state index in [1.165, 1.54) is 17.7 Å². The summed E-state index contributed by atoms with van der Waals surface area (Å²) in [5.41, 5.74) is 0.922. The van der Waals surface area contributed by atoms with E-state index >= 15 is 0 Å². The van der Waals surface area contributed by atoms with Gasteiger partial charge in [-0.2, -0.15) is 17.0 Å². The van der Waals surface area contributed by atoms with Gasteiger partial charge in [0.1, 0.15) is 0 Å². The Bertz CT molecular complexity index is 432. The minimum Gasteiger partial charge on any atom is -0.311 e.